The van der Waals surface area contributed by atoms with Crippen LogP contribution in [0, 0.1) is 0 Å². The van der Waals surface area contributed by atoms with Crippen LogP contribution in [0.3, 0.4) is 0 Å². The molecule has 0 radical (unpaired) electrons. The molecule has 4 heterocycles. The number of pyridine rings is 2. The highest BCUT2D eigenvalue weighted by Gasteiger charge is 2.24. The van der Waals surface area contributed by atoms with Gasteiger partial charge >= 0.3 is 0 Å². The molecule has 0 atom stereocenters. The Morgan fingerprint density at radius 1 is 0.583 bits per heavy atom. The summed E-state index contributed by atoms with van der Waals surface area (Å²) in [6.45, 7) is 6.79. The minimum atomic E-state index is 0.648. The van der Waals surface area contributed by atoms with Crippen LogP contribution < -0.4 is 24.3 Å². The summed E-state index contributed by atoms with van der Waals surface area (Å²) >= 11 is 3.68. The van der Waals surface area contributed by atoms with E-state index >= 15 is 0 Å². The van der Waals surface area contributed by atoms with Crippen molar-refractivity contribution in [2.75, 3.05) is 91.6 Å². The molecule has 8 nitrogen and oxygen atoms in total. The van der Waals surface area contributed by atoms with E-state index in [1.54, 1.807) is 0 Å². The Balaban J connectivity index is 0.000000183. The second-order valence-electron chi connectivity index (χ2n) is 16.2. The molecule has 10 heteroatoms. The van der Waals surface area contributed by atoms with Gasteiger partial charge in [0.25, 0.3) is 0 Å². The van der Waals surface area contributed by atoms with E-state index in [4.69, 9.17) is 9.47 Å². The van der Waals surface area contributed by atoms with Crippen molar-refractivity contribution in [1.82, 2.24) is 5.32 Å². The van der Waals surface area contributed by atoms with Gasteiger partial charge in [0.15, 0.2) is 25.5 Å². The molecule has 4 aromatic carbocycles. The highest BCUT2D eigenvalue weighted by molar-refractivity contribution is 8.04. The number of aromatic nitrogens is 2. The van der Waals surface area contributed by atoms with Gasteiger partial charge in [-0.15, -0.1) is 0 Å². The van der Waals surface area contributed by atoms with Gasteiger partial charge < -0.3 is 29.1 Å². The van der Waals surface area contributed by atoms with Gasteiger partial charge in [-0.1, -0.05) is 72.1 Å². The van der Waals surface area contributed by atoms with Gasteiger partial charge in [-0.3, -0.25) is 0 Å². The molecule has 0 spiro atoms. The molecule has 1 N–H and O–H groups in total. The minimum absolute atomic E-state index is 0.648. The third-order valence-electron chi connectivity index (χ3n) is 10.8. The Morgan fingerprint density at radius 2 is 1.05 bits per heavy atom. The van der Waals surface area contributed by atoms with Crippen LogP contribution in [-0.2, 0) is 22.6 Å². The summed E-state index contributed by atoms with van der Waals surface area (Å²) in [4.78, 5) is 7.20. The maximum atomic E-state index is 5.73. The SMILES string of the molecule is CN1/C(=C/c2cc[n+](CCC[N+](C)(C)C)c3ccccc23)Sc2ccccc21.CNCCOCCOCCC[n+]1ccc(/C=C2\Sc3ccccc3N2C)c2ccccc21. The minimum Gasteiger partial charge on any atom is -0.379 e. The van der Waals surface area contributed by atoms with Gasteiger partial charge in [-0.05, 0) is 66.7 Å². The molecular weight excluding hydrogens is 781 g/mol. The standard InChI is InChI=1S/C26H32N3O2S.C24H29N3S/c1-27-13-17-31-19-18-30-16-7-14-29-15-12-21(22-8-3-4-9-23(22)29)20-26-28(2)24-10-5-6-11-25(24)32-26;1-25-22-12-7-8-13-23(22)28-24(25)18-19-14-16-26(15-9-17-27(2,3)4)21-11-6-5-10-20(19)21/h3-6,8-12,15,20,27H,7,13-14,16-19H2,1-2H3;5-8,10-14,16,18H,9,15,17H2,1-4H3/q+1;+2. The highest BCUT2D eigenvalue weighted by atomic mass is 32.2. The van der Waals surface area contributed by atoms with Crippen LogP contribution in [0.15, 0.2) is 141 Å². The Labute approximate surface area is 365 Å². The third kappa shape index (κ3) is 11.0. The molecule has 2 aliphatic heterocycles. The summed E-state index contributed by atoms with van der Waals surface area (Å²) in [7, 11) is 13.0. The van der Waals surface area contributed by atoms with Gasteiger partial charge in [0.2, 0.25) is 11.0 Å². The zero-order valence-corrected chi connectivity index (χ0v) is 37.8. The van der Waals surface area contributed by atoms with E-state index in [0.717, 1.165) is 43.8 Å². The van der Waals surface area contributed by atoms with E-state index in [1.807, 2.05) is 30.6 Å². The molecule has 0 aliphatic carbocycles. The number of hydrogen-bond donors (Lipinski definition) is 1. The van der Waals surface area contributed by atoms with Crippen molar-refractivity contribution in [2.24, 2.45) is 0 Å². The van der Waals surface area contributed by atoms with Crippen LogP contribution in [0.1, 0.15) is 24.0 Å². The molecule has 0 saturated heterocycles. The lowest BCUT2D eigenvalue weighted by molar-refractivity contribution is -0.873. The zero-order valence-electron chi connectivity index (χ0n) is 36.1. The topological polar surface area (TPSA) is 44.7 Å². The first-order valence-electron chi connectivity index (χ1n) is 21.1. The molecule has 2 aromatic heterocycles. The van der Waals surface area contributed by atoms with Crippen molar-refractivity contribution >= 4 is 68.9 Å². The van der Waals surface area contributed by atoms with E-state index in [-0.39, 0.29) is 0 Å². The largest absolute Gasteiger partial charge is 0.379 e. The monoisotopic (exact) mass is 841 g/mol. The summed E-state index contributed by atoms with van der Waals surface area (Å²) in [6, 6.07) is 39.1. The number of para-hydroxylation sites is 4. The van der Waals surface area contributed by atoms with Crippen LogP contribution in [0.4, 0.5) is 11.4 Å². The molecule has 0 bridgehead atoms. The van der Waals surface area contributed by atoms with Gasteiger partial charge in [0.1, 0.15) is 0 Å². The number of ether oxygens (including phenoxy) is 2. The number of hydrogen-bond acceptors (Lipinski definition) is 7. The number of fused-ring (bicyclic) bond motifs is 4. The fraction of sp³-hybridized carbons (Fsp3) is 0.320. The number of aryl methyl sites for hydroxylation is 2. The first kappa shape index (κ1) is 43.4. The van der Waals surface area contributed by atoms with Gasteiger partial charge in [0.05, 0.1) is 92.7 Å². The number of benzene rings is 4. The number of anilines is 2. The number of thioether (sulfide) groups is 2. The molecule has 60 heavy (non-hydrogen) atoms. The van der Waals surface area contributed by atoms with Crippen molar-refractivity contribution in [3.8, 4) is 0 Å². The molecule has 0 unspecified atom stereocenters. The fourth-order valence-electron chi connectivity index (χ4n) is 7.57. The van der Waals surface area contributed by atoms with Crippen LogP contribution in [0.25, 0.3) is 34.0 Å². The van der Waals surface area contributed by atoms with E-state index < -0.39 is 0 Å². The Kier molecular flexibility index (Phi) is 15.0. The molecule has 8 rings (SSSR count). The quantitative estimate of drug-likeness (QED) is 0.0593. The Hall–Kier alpha value is -4.68. The maximum Gasteiger partial charge on any atom is 0.213 e. The van der Waals surface area contributed by atoms with Crippen LogP contribution in [0.5, 0.6) is 0 Å². The number of nitrogens with one attached hydrogen (secondary N) is 1. The van der Waals surface area contributed by atoms with E-state index in [2.05, 4.69) is 193 Å². The molecule has 0 saturated carbocycles. The number of nitrogens with zero attached hydrogens (tertiary/aromatic N) is 5. The summed E-state index contributed by atoms with van der Waals surface area (Å²) in [6.07, 6.45) is 11.2. The summed E-state index contributed by atoms with van der Waals surface area (Å²) in [5, 5.41) is 8.17. The lowest BCUT2D eigenvalue weighted by Crippen LogP contribution is -2.40. The smallest absolute Gasteiger partial charge is 0.213 e. The molecule has 2 aliphatic rings. The highest BCUT2D eigenvalue weighted by Crippen LogP contribution is 2.46. The van der Waals surface area contributed by atoms with Gasteiger partial charge in [-0.2, -0.15) is 9.13 Å². The first-order valence-corrected chi connectivity index (χ1v) is 22.7. The van der Waals surface area contributed by atoms with Crippen LogP contribution >= 0.6 is 23.5 Å². The molecule has 312 valence electrons. The van der Waals surface area contributed by atoms with Crippen molar-refractivity contribution < 1.29 is 23.1 Å². The summed E-state index contributed by atoms with van der Waals surface area (Å²) < 4.78 is 16.9. The second kappa shape index (κ2) is 20.7. The second-order valence-corrected chi connectivity index (χ2v) is 18.4. The zero-order chi connectivity index (χ0) is 41.9. The lowest BCUT2D eigenvalue weighted by atomic mass is 10.1. The van der Waals surface area contributed by atoms with Crippen molar-refractivity contribution in [1.29, 1.82) is 0 Å². The average molecular weight is 842 g/mol. The third-order valence-corrected chi connectivity index (χ3v) is 13.1. The van der Waals surface area contributed by atoms with Gasteiger partial charge in [-0.25, -0.2) is 0 Å². The summed E-state index contributed by atoms with van der Waals surface area (Å²) in [5.41, 5.74) is 7.64. The number of quaternary nitrogens is 1. The van der Waals surface area contributed by atoms with Crippen LogP contribution in [-0.4, -0.2) is 86.3 Å². The number of likely N-dealkylation sites (N-methyl/N-ethyl adjacent to an activating group) is 1. The van der Waals surface area contributed by atoms with Gasteiger partial charge in [0, 0.05) is 61.1 Å². The number of rotatable bonds is 16. The normalized spacial score (nSPS) is 14.9. The Morgan fingerprint density at radius 3 is 1.55 bits per heavy atom. The fourth-order valence-corrected chi connectivity index (χ4v) is 9.77. The maximum absolute atomic E-state index is 5.73. The van der Waals surface area contributed by atoms with E-state index in [1.165, 1.54) is 77.1 Å². The van der Waals surface area contributed by atoms with E-state index in [9.17, 15) is 0 Å². The van der Waals surface area contributed by atoms with E-state index in [0.29, 0.717) is 13.2 Å². The average Bonchev–Trinajstić information content (AvgIpc) is 3.75. The molecule has 0 amide bonds. The van der Waals surface area contributed by atoms with Crippen LogP contribution in [0.2, 0.25) is 0 Å². The lowest BCUT2D eigenvalue weighted by Gasteiger charge is -2.23. The Bertz CT molecular complexity index is 2440. The van der Waals surface area contributed by atoms with Crippen molar-refractivity contribution in [3.05, 3.63) is 143 Å². The van der Waals surface area contributed by atoms with Crippen molar-refractivity contribution in [2.45, 2.75) is 35.7 Å². The predicted octanol–water partition coefficient (Wildman–Crippen LogP) is 9.07. The first-order chi connectivity index (χ1) is 29.2. The molecular formula is C50H61N6O2S2+3. The predicted molar refractivity (Wildman–Crippen MR) is 253 cm³/mol. The van der Waals surface area contributed by atoms with Crippen molar-refractivity contribution in [3.63, 3.8) is 0 Å². The molecule has 6 aromatic rings. The molecule has 0 fully saturated rings. The summed E-state index contributed by atoms with van der Waals surface area (Å²) in [5.74, 6) is 0.